The molecule has 0 aromatic carbocycles. The summed E-state index contributed by atoms with van der Waals surface area (Å²) >= 11 is 1.83. The summed E-state index contributed by atoms with van der Waals surface area (Å²) in [6.45, 7) is 0.666. The number of thiophene rings is 1. The second kappa shape index (κ2) is 4.82. The van der Waals surface area contributed by atoms with Gasteiger partial charge >= 0.3 is 0 Å². The van der Waals surface area contributed by atoms with Gasteiger partial charge in [-0.1, -0.05) is 0 Å². The van der Waals surface area contributed by atoms with Crippen molar-refractivity contribution >= 4 is 27.4 Å². The predicted molar refractivity (Wildman–Crippen MR) is 74.6 cm³/mol. The van der Waals surface area contributed by atoms with Crippen LogP contribution in [-0.4, -0.2) is 30.7 Å². The Morgan fingerprint density at radius 1 is 1.33 bits per heavy atom. The summed E-state index contributed by atoms with van der Waals surface area (Å²) < 4.78 is 5.10. The molecule has 0 amide bonds. The van der Waals surface area contributed by atoms with Gasteiger partial charge in [-0.2, -0.15) is 0 Å². The topological polar surface area (TPSA) is 47.0 Å². The summed E-state index contributed by atoms with van der Waals surface area (Å²) in [6, 6.07) is 0. The van der Waals surface area contributed by atoms with Crippen LogP contribution < -0.4 is 5.32 Å². The van der Waals surface area contributed by atoms with Gasteiger partial charge in [0.2, 0.25) is 0 Å². The van der Waals surface area contributed by atoms with Crippen LogP contribution in [0.3, 0.4) is 0 Å². The number of aryl methyl sites for hydroxylation is 2. The van der Waals surface area contributed by atoms with Crippen LogP contribution in [0.15, 0.2) is 0 Å². The molecule has 0 unspecified atom stereocenters. The Balaban J connectivity index is 2.11. The molecule has 0 saturated carbocycles. The first-order valence-corrected chi connectivity index (χ1v) is 7.13. The third-order valence-corrected chi connectivity index (χ3v) is 4.56. The number of hydrogen-bond donors (Lipinski definition) is 1. The van der Waals surface area contributed by atoms with Gasteiger partial charge in [0.25, 0.3) is 0 Å². The molecule has 1 N–H and O–H groups in total. The molecule has 18 heavy (non-hydrogen) atoms. The SMILES string of the molecule is CNc1nc(CCOC)nc2sc3c(c12)CCC3. The largest absolute Gasteiger partial charge is 0.384 e. The zero-order chi connectivity index (χ0) is 12.5. The molecule has 5 heteroatoms. The Labute approximate surface area is 110 Å². The smallest absolute Gasteiger partial charge is 0.138 e. The number of rotatable bonds is 4. The number of nitrogens with one attached hydrogen (secondary N) is 1. The highest BCUT2D eigenvalue weighted by molar-refractivity contribution is 7.19. The van der Waals surface area contributed by atoms with E-state index in [1.165, 1.54) is 35.1 Å². The highest BCUT2D eigenvalue weighted by Gasteiger charge is 2.21. The lowest BCUT2D eigenvalue weighted by Gasteiger charge is -2.06. The van der Waals surface area contributed by atoms with E-state index in [-0.39, 0.29) is 0 Å². The Morgan fingerprint density at radius 2 is 2.22 bits per heavy atom. The van der Waals surface area contributed by atoms with E-state index in [0.717, 1.165) is 22.9 Å². The van der Waals surface area contributed by atoms with Crippen molar-refractivity contribution in [1.82, 2.24) is 9.97 Å². The molecule has 0 fully saturated rings. The van der Waals surface area contributed by atoms with Gasteiger partial charge in [-0.25, -0.2) is 9.97 Å². The van der Waals surface area contributed by atoms with Crippen molar-refractivity contribution in [2.75, 3.05) is 26.1 Å². The van der Waals surface area contributed by atoms with Gasteiger partial charge in [-0.3, -0.25) is 0 Å². The number of nitrogens with zero attached hydrogens (tertiary/aromatic N) is 2. The molecular weight excluding hydrogens is 246 g/mol. The third kappa shape index (κ3) is 1.87. The number of anilines is 1. The van der Waals surface area contributed by atoms with Crippen LogP contribution in [0.1, 0.15) is 22.7 Å². The molecule has 0 spiro atoms. The van der Waals surface area contributed by atoms with E-state index in [9.17, 15) is 0 Å². The first-order chi connectivity index (χ1) is 8.83. The number of methoxy groups -OCH3 is 1. The van der Waals surface area contributed by atoms with Gasteiger partial charge in [0, 0.05) is 25.5 Å². The molecule has 0 bridgehead atoms. The summed E-state index contributed by atoms with van der Waals surface area (Å²) in [7, 11) is 3.64. The number of hydrogen-bond acceptors (Lipinski definition) is 5. The first kappa shape index (κ1) is 11.9. The molecule has 3 rings (SSSR count). The van der Waals surface area contributed by atoms with Crippen LogP contribution in [-0.2, 0) is 24.0 Å². The van der Waals surface area contributed by atoms with Crippen molar-refractivity contribution in [3.63, 3.8) is 0 Å². The van der Waals surface area contributed by atoms with Crippen molar-refractivity contribution in [2.45, 2.75) is 25.7 Å². The van der Waals surface area contributed by atoms with Gasteiger partial charge in [0.05, 0.1) is 12.0 Å². The summed E-state index contributed by atoms with van der Waals surface area (Å²) in [4.78, 5) is 11.9. The van der Waals surface area contributed by atoms with Crippen molar-refractivity contribution < 1.29 is 4.74 Å². The molecule has 0 saturated heterocycles. The standard InChI is InChI=1S/C13H17N3OS/c1-14-12-11-8-4-3-5-9(8)18-13(11)16-10(15-12)6-7-17-2/h3-7H2,1-2H3,(H,14,15,16). The number of aromatic nitrogens is 2. The van der Waals surface area contributed by atoms with E-state index >= 15 is 0 Å². The average Bonchev–Trinajstić information content (AvgIpc) is 2.95. The highest BCUT2D eigenvalue weighted by atomic mass is 32.1. The average molecular weight is 263 g/mol. The number of fused-ring (bicyclic) bond motifs is 3. The Bertz CT molecular complexity index is 579. The Morgan fingerprint density at radius 3 is 3.00 bits per heavy atom. The second-order valence-corrected chi connectivity index (χ2v) is 5.60. The van der Waals surface area contributed by atoms with Gasteiger partial charge in [0.15, 0.2) is 0 Å². The molecule has 2 heterocycles. The van der Waals surface area contributed by atoms with E-state index < -0.39 is 0 Å². The van der Waals surface area contributed by atoms with Gasteiger partial charge < -0.3 is 10.1 Å². The molecule has 2 aromatic rings. The zero-order valence-electron chi connectivity index (χ0n) is 10.7. The van der Waals surface area contributed by atoms with Crippen LogP contribution >= 0.6 is 11.3 Å². The summed E-state index contributed by atoms with van der Waals surface area (Å²) in [6.07, 6.45) is 4.41. The summed E-state index contributed by atoms with van der Waals surface area (Å²) in [5.74, 6) is 1.85. The lowest BCUT2D eigenvalue weighted by atomic mass is 10.2. The maximum atomic E-state index is 5.10. The lowest BCUT2D eigenvalue weighted by Crippen LogP contribution is -2.04. The minimum absolute atomic E-state index is 0.666. The molecule has 0 aliphatic heterocycles. The van der Waals surface area contributed by atoms with E-state index in [1.807, 2.05) is 18.4 Å². The molecule has 0 atom stereocenters. The maximum Gasteiger partial charge on any atom is 0.138 e. The van der Waals surface area contributed by atoms with E-state index in [2.05, 4.69) is 15.3 Å². The van der Waals surface area contributed by atoms with Crippen molar-refractivity contribution in [2.24, 2.45) is 0 Å². The van der Waals surface area contributed by atoms with Crippen LogP contribution in [0.4, 0.5) is 5.82 Å². The van der Waals surface area contributed by atoms with E-state index in [4.69, 9.17) is 4.74 Å². The maximum absolute atomic E-state index is 5.10. The Hall–Kier alpha value is -1.20. The van der Waals surface area contributed by atoms with E-state index in [0.29, 0.717) is 6.61 Å². The Kier molecular flexibility index (Phi) is 3.18. The monoisotopic (exact) mass is 263 g/mol. The molecule has 96 valence electrons. The fourth-order valence-electron chi connectivity index (χ4n) is 2.53. The van der Waals surface area contributed by atoms with Gasteiger partial charge in [-0.15, -0.1) is 11.3 Å². The number of ether oxygens (including phenoxy) is 1. The van der Waals surface area contributed by atoms with Crippen LogP contribution in [0.25, 0.3) is 10.2 Å². The molecule has 4 nitrogen and oxygen atoms in total. The first-order valence-electron chi connectivity index (χ1n) is 6.31. The van der Waals surface area contributed by atoms with Crippen molar-refractivity contribution in [3.05, 3.63) is 16.3 Å². The fraction of sp³-hybridized carbons (Fsp3) is 0.538. The van der Waals surface area contributed by atoms with Gasteiger partial charge in [-0.05, 0) is 24.8 Å². The van der Waals surface area contributed by atoms with Crippen LogP contribution in [0.5, 0.6) is 0 Å². The lowest BCUT2D eigenvalue weighted by molar-refractivity contribution is 0.200. The minimum Gasteiger partial charge on any atom is -0.384 e. The summed E-state index contributed by atoms with van der Waals surface area (Å²) in [5, 5.41) is 4.46. The summed E-state index contributed by atoms with van der Waals surface area (Å²) in [5.41, 5.74) is 1.47. The third-order valence-electron chi connectivity index (χ3n) is 3.38. The van der Waals surface area contributed by atoms with Crippen LogP contribution in [0.2, 0.25) is 0 Å². The molecular formula is C13H17N3OS. The zero-order valence-corrected chi connectivity index (χ0v) is 11.6. The van der Waals surface area contributed by atoms with Crippen molar-refractivity contribution in [1.29, 1.82) is 0 Å². The normalized spacial score (nSPS) is 14.1. The molecule has 2 aromatic heterocycles. The quantitative estimate of drug-likeness (QED) is 0.920. The van der Waals surface area contributed by atoms with Crippen LogP contribution in [0, 0.1) is 0 Å². The van der Waals surface area contributed by atoms with Crippen molar-refractivity contribution in [3.8, 4) is 0 Å². The van der Waals surface area contributed by atoms with Gasteiger partial charge in [0.1, 0.15) is 16.5 Å². The fourth-order valence-corrected chi connectivity index (χ4v) is 3.81. The van der Waals surface area contributed by atoms with E-state index in [1.54, 1.807) is 7.11 Å². The molecule has 1 aliphatic carbocycles. The molecule has 1 aliphatic rings. The second-order valence-electron chi connectivity index (χ2n) is 4.52. The predicted octanol–water partition coefficient (Wildman–Crippen LogP) is 2.41. The highest BCUT2D eigenvalue weighted by Crippen LogP contribution is 2.39. The minimum atomic E-state index is 0.666. The molecule has 0 radical (unpaired) electrons.